The number of ether oxygens (including phenoxy) is 1. The van der Waals surface area contributed by atoms with Crippen molar-refractivity contribution in [2.45, 2.75) is 32.0 Å². The molecule has 2 heterocycles. The van der Waals surface area contributed by atoms with Gasteiger partial charge in [0.25, 0.3) is 0 Å². The summed E-state index contributed by atoms with van der Waals surface area (Å²) in [6.07, 6.45) is 7.79. The van der Waals surface area contributed by atoms with Crippen LogP contribution in [0.5, 0.6) is 0 Å². The summed E-state index contributed by atoms with van der Waals surface area (Å²) >= 11 is 3.44. The van der Waals surface area contributed by atoms with Crippen molar-refractivity contribution < 1.29 is 4.74 Å². The van der Waals surface area contributed by atoms with E-state index < -0.39 is 0 Å². The van der Waals surface area contributed by atoms with Gasteiger partial charge in [-0.25, -0.2) is 0 Å². The van der Waals surface area contributed by atoms with Crippen LogP contribution < -0.4 is 0 Å². The predicted molar refractivity (Wildman–Crippen MR) is 68.6 cm³/mol. The number of halogens is 1. The Morgan fingerprint density at radius 2 is 2.35 bits per heavy atom. The zero-order valence-electron chi connectivity index (χ0n) is 9.89. The number of hydrogen-bond donors (Lipinski definition) is 0. The van der Waals surface area contributed by atoms with Crippen LogP contribution >= 0.6 is 15.9 Å². The van der Waals surface area contributed by atoms with Crippen molar-refractivity contribution in [3.8, 4) is 0 Å². The van der Waals surface area contributed by atoms with Crippen LogP contribution in [0.1, 0.15) is 19.3 Å². The van der Waals surface area contributed by atoms with Gasteiger partial charge < -0.3 is 4.74 Å². The zero-order chi connectivity index (χ0) is 11.7. The van der Waals surface area contributed by atoms with E-state index in [1.54, 1.807) is 0 Å². The minimum Gasteiger partial charge on any atom is -0.381 e. The van der Waals surface area contributed by atoms with E-state index in [0.29, 0.717) is 0 Å². The highest BCUT2D eigenvalue weighted by Crippen LogP contribution is 2.29. The second kappa shape index (κ2) is 5.08. The molecule has 1 aliphatic heterocycles. The first-order valence-corrected chi connectivity index (χ1v) is 7.10. The maximum Gasteiger partial charge on any atom is 0.0931 e. The third-order valence-corrected chi connectivity index (χ3v) is 3.92. The number of rotatable bonds is 5. The zero-order valence-corrected chi connectivity index (χ0v) is 11.5. The van der Waals surface area contributed by atoms with Gasteiger partial charge in [0.15, 0.2) is 0 Å². The van der Waals surface area contributed by atoms with Gasteiger partial charge in [-0.05, 0) is 41.1 Å². The highest BCUT2D eigenvalue weighted by Gasteiger charge is 2.31. The van der Waals surface area contributed by atoms with Crippen LogP contribution in [0, 0.1) is 5.92 Å². The van der Waals surface area contributed by atoms with Gasteiger partial charge >= 0.3 is 0 Å². The molecule has 0 amide bonds. The summed E-state index contributed by atoms with van der Waals surface area (Å²) in [5.74, 6) is 0.717. The monoisotopic (exact) mass is 299 g/mol. The molecule has 1 atom stereocenters. The number of aromatic nitrogens is 2. The van der Waals surface area contributed by atoms with E-state index in [0.717, 1.165) is 42.9 Å². The molecule has 1 saturated carbocycles. The van der Waals surface area contributed by atoms with Gasteiger partial charge in [0.2, 0.25) is 0 Å². The molecule has 0 spiro atoms. The van der Waals surface area contributed by atoms with E-state index in [2.05, 4.69) is 25.9 Å². The lowest BCUT2D eigenvalue weighted by Crippen LogP contribution is -2.33. The van der Waals surface area contributed by atoms with Crippen LogP contribution in [0.2, 0.25) is 0 Å². The Morgan fingerprint density at radius 1 is 1.47 bits per heavy atom. The van der Waals surface area contributed by atoms with Gasteiger partial charge in [-0.15, -0.1) is 0 Å². The second-order valence-corrected chi connectivity index (χ2v) is 5.99. The standard InChI is InChI=1S/C12H18BrN3O/c13-11-5-14-16(7-11)9-15(12-1-2-12)6-10-3-4-17-8-10/h5,7,10,12H,1-4,6,8-9H2. The lowest BCUT2D eigenvalue weighted by atomic mass is 10.1. The van der Waals surface area contributed by atoms with Crippen LogP contribution in [0.25, 0.3) is 0 Å². The molecule has 0 N–H and O–H groups in total. The Kier molecular flexibility index (Phi) is 3.49. The molecular weight excluding hydrogens is 282 g/mol. The normalized spacial score (nSPS) is 24.7. The van der Waals surface area contributed by atoms with E-state index in [4.69, 9.17) is 4.74 Å². The van der Waals surface area contributed by atoms with Crippen molar-refractivity contribution in [1.29, 1.82) is 0 Å². The van der Waals surface area contributed by atoms with E-state index >= 15 is 0 Å². The van der Waals surface area contributed by atoms with Crippen molar-refractivity contribution in [3.05, 3.63) is 16.9 Å². The smallest absolute Gasteiger partial charge is 0.0931 e. The van der Waals surface area contributed by atoms with Crippen LogP contribution in [-0.2, 0) is 11.4 Å². The molecule has 4 nitrogen and oxygen atoms in total. The van der Waals surface area contributed by atoms with Crippen molar-refractivity contribution >= 4 is 15.9 Å². The fourth-order valence-electron chi connectivity index (χ4n) is 2.42. The molecule has 1 saturated heterocycles. The molecule has 5 heteroatoms. The molecule has 1 aromatic heterocycles. The summed E-state index contributed by atoms with van der Waals surface area (Å²) in [4.78, 5) is 2.55. The molecule has 1 aliphatic carbocycles. The first kappa shape index (κ1) is 11.7. The predicted octanol–water partition coefficient (Wildman–Crippen LogP) is 2.10. The van der Waals surface area contributed by atoms with Gasteiger partial charge in [0.05, 0.1) is 23.9 Å². The number of hydrogen-bond acceptors (Lipinski definition) is 3. The molecular formula is C12H18BrN3O. The second-order valence-electron chi connectivity index (χ2n) is 5.07. The molecule has 1 aromatic rings. The fraction of sp³-hybridized carbons (Fsp3) is 0.750. The van der Waals surface area contributed by atoms with Crippen LogP contribution in [0.4, 0.5) is 0 Å². The maximum absolute atomic E-state index is 5.46. The SMILES string of the molecule is Brc1cnn(CN(CC2CCOC2)C2CC2)c1. The van der Waals surface area contributed by atoms with E-state index in [9.17, 15) is 0 Å². The average Bonchev–Trinajstić information content (AvgIpc) is 2.89. The summed E-state index contributed by atoms with van der Waals surface area (Å²) in [6.45, 7) is 3.94. The van der Waals surface area contributed by atoms with Crippen LogP contribution in [-0.4, -0.2) is 40.5 Å². The Labute approximate surface area is 110 Å². The molecule has 2 aliphatic rings. The first-order valence-electron chi connectivity index (χ1n) is 6.31. The van der Waals surface area contributed by atoms with E-state index in [1.807, 2.05) is 17.1 Å². The van der Waals surface area contributed by atoms with Gasteiger partial charge in [0, 0.05) is 25.4 Å². The van der Waals surface area contributed by atoms with Crippen molar-refractivity contribution in [3.63, 3.8) is 0 Å². The Balaban J connectivity index is 1.59. The Bertz CT molecular complexity index is 372. The first-order chi connectivity index (χ1) is 8.31. The third kappa shape index (κ3) is 3.09. The largest absolute Gasteiger partial charge is 0.381 e. The highest BCUT2D eigenvalue weighted by atomic mass is 79.9. The summed E-state index contributed by atoms with van der Waals surface area (Å²) in [5, 5.41) is 4.34. The molecule has 0 aromatic carbocycles. The average molecular weight is 300 g/mol. The lowest BCUT2D eigenvalue weighted by Gasteiger charge is -2.24. The molecule has 0 radical (unpaired) electrons. The number of nitrogens with zero attached hydrogens (tertiary/aromatic N) is 3. The van der Waals surface area contributed by atoms with Gasteiger partial charge in [-0.3, -0.25) is 9.58 Å². The third-order valence-electron chi connectivity index (χ3n) is 3.51. The van der Waals surface area contributed by atoms with Gasteiger partial charge in [0.1, 0.15) is 0 Å². The van der Waals surface area contributed by atoms with Gasteiger partial charge in [-0.2, -0.15) is 5.10 Å². The molecule has 3 rings (SSSR count). The molecule has 17 heavy (non-hydrogen) atoms. The molecule has 0 bridgehead atoms. The molecule has 1 unspecified atom stereocenters. The minimum absolute atomic E-state index is 0.717. The van der Waals surface area contributed by atoms with Crippen molar-refractivity contribution in [1.82, 2.24) is 14.7 Å². The minimum atomic E-state index is 0.717. The topological polar surface area (TPSA) is 30.3 Å². The lowest BCUT2D eigenvalue weighted by molar-refractivity contribution is 0.142. The van der Waals surface area contributed by atoms with Crippen LogP contribution in [0.3, 0.4) is 0 Å². The Hall–Kier alpha value is -0.390. The summed E-state index contributed by atoms with van der Waals surface area (Å²) in [5.41, 5.74) is 0. The van der Waals surface area contributed by atoms with Gasteiger partial charge in [-0.1, -0.05) is 0 Å². The maximum atomic E-state index is 5.46. The van der Waals surface area contributed by atoms with Crippen molar-refractivity contribution in [2.24, 2.45) is 5.92 Å². The van der Waals surface area contributed by atoms with E-state index in [1.165, 1.54) is 19.3 Å². The molecule has 2 fully saturated rings. The van der Waals surface area contributed by atoms with Crippen molar-refractivity contribution in [2.75, 3.05) is 19.8 Å². The summed E-state index contributed by atoms with van der Waals surface area (Å²) in [7, 11) is 0. The fourth-order valence-corrected chi connectivity index (χ4v) is 2.75. The van der Waals surface area contributed by atoms with E-state index in [-0.39, 0.29) is 0 Å². The van der Waals surface area contributed by atoms with Crippen LogP contribution in [0.15, 0.2) is 16.9 Å². The molecule has 94 valence electrons. The Morgan fingerprint density at radius 3 is 2.94 bits per heavy atom. The summed E-state index contributed by atoms with van der Waals surface area (Å²) < 4.78 is 8.52. The highest BCUT2D eigenvalue weighted by molar-refractivity contribution is 9.10. The quantitative estimate of drug-likeness (QED) is 0.834. The summed E-state index contributed by atoms with van der Waals surface area (Å²) in [6, 6.07) is 0.776.